The summed E-state index contributed by atoms with van der Waals surface area (Å²) in [5.74, 6) is -7.59. The summed E-state index contributed by atoms with van der Waals surface area (Å²) in [6, 6.07) is -1.11. The van der Waals surface area contributed by atoms with Crippen molar-refractivity contribution in [2.75, 3.05) is 25.6 Å². The van der Waals surface area contributed by atoms with E-state index in [0.29, 0.717) is 0 Å². The van der Waals surface area contributed by atoms with Gasteiger partial charge in [-0.2, -0.15) is 22.5 Å². The van der Waals surface area contributed by atoms with Crippen LogP contribution in [0.3, 0.4) is 0 Å². The van der Waals surface area contributed by atoms with Crippen LogP contribution in [0.2, 0.25) is 0 Å². The van der Waals surface area contributed by atoms with E-state index < -0.39 is 41.2 Å². The Morgan fingerprint density at radius 3 is 2.30 bits per heavy atom. The molecule has 0 saturated heterocycles. The molecule has 0 spiro atoms. The molecule has 0 aliphatic heterocycles. The summed E-state index contributed by atoms with van der Waals surface area (Å²) >= 11 is 0. The molecule has 1 heterocycles. The number of nitrogens with zero attached hydrogens (tertiary/aromatic N) is 1. The molecule has 5 nitrogen and oxygen atoms in total. The molecule has 1 amide bonds. The number of carbonyl (C=O) groups excluding carboxylic acids is 1. The first kappa shape index (κ1) is 16.2. The highest BCUT2D eigenvalue weighted by Gasteiger charge is 2.23. The molecule has 112 valence electrons. The van der Waals surface area contributed by atoms with Gasteiger partial charge >= 0.3 is 0 Å². The molecular weight excluding hydrogens is 282 g/mol. The normalized spacial score (nSPS) is 12.1. The molecule has 1 rings (SSSR count). The molecule has 20 heavy (non-hydrogen) atoms. The summed E-state index contributed by atoms with van der Waals surface area (Å²) in [6.45, 7) is 1.71. The molecule has 0 aromatic carbocycles. The molecule has 9 heteroatoms. The van der Waals surface area contributed by atoms with E-state index in [4.69, 9.17) is 4.74 Å². The summed E-state index contributed by atoms with van der Waals surface area (Å²) in [6.07, 6.45) is 0. The Morgan fingerprint density at radius 1 is 1.25 bits per heavy atom. The van der Waals surface area contributed by atoms with Crippen molar-refractivity contribution >= 4 is 11.6 Å². The zero-order valence-corrected chi connectivity index (χ0v) is 10.8. The fraction of sp³-hybridized carbons (Fsp3) is 0.455. The predicted molar refractivity (Wildman–Crippen MR) is 62.0 cm³/mol. The SMILES string of the molecule is COCCNC(=O)C(C)Nc1c(F)c(F)nc(F)c1F. The van der Waals surface area contributed by atoms with E-state index in [-0.39, 0.29) is 13.2 Å². The summed E-state index contributed by atoms with van der Waals surface area (Å²) in [4.78, 5) is 13.9. The van der Waals surface area contributed by atoms with Crippen LogP contribution >= 0.6 is 0 Å². The van der Waals surface area contributed by atoms with Crippen LogP contribution < -0.4 is 10.6 Å². The third kappa shape index (κ3) is 3.80. The molecule has 1 aromatic rings. The lowest BCUT2D eigenvalue weighted by Crippen LogP contribution is -2.39. The van der Waals surface area contributed by atoms with E-state index in [0.717, 1.165) is 0 Å². The van der Waals surface area contributed by atoms with Gasteiger partial charge in [-0.05, 0) is 6.92 Å². The van der Waals surface area contributed by atoms with Gasteiger partial charge in [-0.1, -0.05) is 0 Å². The van der Waals surface area contributed by atoms with E-state index in [9.17, 15) is 22.4 Å². The molecular formula is C11H13F4N3O2. The molecule has 2 N–H and O–H groups in total. The lowest BCUT2D eigenvalue weighted by Gasteiger charge is -2.16. The number of halogens is 4. The van der Waals surface area contributed by atoms with Crippen molar-refractivity contribution in [2.24, 2.45) is 0 Å². The second-order valence-corrected chi connectivity index (χ2v) is 3.85. The van der Waals surface area contributed by atoms with Crippen LogP contribution in [0.15, 0.2) is 0 Å². The number of rotatable bonds is 6. The van der Waals surface area contributed by atoms with Gasteiger partial charge in [0.15, 0.2) is 0 Å². The molecule has 0 aliphatic carbocycles. The third-order valence-corrected chi connectivity index (χ3v) is 2.36. The first-order valence-electron chi connectivity index (χ1n) is 5.61. The van der Waals surface area contributed by atoms with Gasteiger partial charge in [-0.15, -0.1) is 0 Å². The van der Waals surface area contributed by atoms with Crippen molar-refractivity contribution in [3.8, 4) is 0 Å². The van der Waals surface area contributed by atoms with Crippen molar-refractivity contribution in [2.45, 2.75) is 13.0 Å². The van der Waals surface area contributed by atoms with Gasteiger partial charge in [0.1, 0.15) is 11.7 Å². The average Bonchev–Trinajstić information content (AvgIpc) is 2.41. The van der Waals surface area contributed by atoms with E-state index >= 15 is 0 Å². The topological polar surface area (TPSA) is 63.2 Å². The monoisotopic (exact) mass is 295 g/mol. The number of amides is 1. The van der Waals surface area contributed by atoms with Gasteiger partial charge in [0.05, 0.1) is 6.61 Å². The maximum absolute atomic E-state index is 13.3. The van der Waals surface area contributed by atoms with E-state index in [2.05, 4.69) is 15.6 Å². The first-order valence-corrected chi connectivity index (χ1v) is 5.61. The molecule has 1 aromatic heterocycles. The minimum Gasteiger partial charge on any atom is -0.383 e. The highest BCUT2D eigenvalue weighted by Crippen LogP contribution is 2.22. The Hall–Kier alpha value is -1.90. The summed E-state index contributed by atoms with van der Waals surface area (Å²) in [7, 11) is 1.43. The minimum absolute atomic E-state index is 0.186. The summed E-state index contributed by atoms with van der Waals surface area (Å²) < 4.78 is 57.1. The summed E-state index contributed by atoms with van der Waals surface area (Å²) in [5, 5.41) is 4.46. The van der Waals surface area contributed by atoms with Crippen LogP contribution in [0.25, 0.3) is 0 Å². The second kappa shape index (κ2) is 7.04. The molecule has 0 radical (unpaired) electrons. The van der Waals surface area contributed by atoms with E-state index in [1.54, 1.807) is 0 Å². The fourth-order valence-corrected chi connectivity index (χ4v) is 1.33. The highest BCUT2D eigenvalue weighted by atomic mass is 19.2. The lowest BCUT2D eigenvalue weighted by molar-refractivity contribution is -0.121. The zero-order chi connectivity index (χ0) is 15.3. The number of hydrogen-bond acceptors (Lipinski definition) is 4. The molecule has 0 bridgehead atoms. The summed E-state index contributed by atoms with van der Waals surface area (Å²) in [5.41, 5.74) is -1.08. The zero-order valence-electron chi connectivity index (χ0n) is 10.8. The van der Waals surface area contributed by atoms with Gasteiger partial charge in [0.25, 0.3) is 11.9 Å². The number of ether oxygens (including phenoxy) is 1. The van der Waals surface area contributed by atoms with Crippen LogP contribution in [-0.2, 0) is 9.53 Å². The van der Waals surface area contributed by atoms with Crippen LogP contribution in [-0.4, -0.2) is 37.2 Å². The Bertz CT molecular complexity index is 473. The van der Waals surface area contributed by atoms with Crippen LogP contribution in [0.1, 0.15) is 6.92 Å². The maximum atomic E-state index is 13.3. The number of methoxy groups -OCH3 is 1. The predicted octanol–water partition coefficient (Wildman–Crippen LogP) is 1.20. The van der Waals surface area contributed by atoms with Gasteiger partial charge < -0.3 is 15.4 Å². The Kier molecular flexibility index (Phi) is 5.68. The molecule has 0 fully saturated rings. The smallest absolute Gasteiger partial charge is 0.253 e. The van der Waals surface area contributed by atoms with Gasteiger partial charge in [-0.3, -0.25) is 4.79 Å². The maximum Gasteiger partial charge on any atom is 0.253 e. The highest BCUT2D eigenvalue weighted by molar-refractivity contribution is 5.84. The van der Waals surface area contributed by atoms with Crippen LogP contribution in [0, 0.1) is 23.5 Å². The van der Waals surface area contributed by atoms with E-state index in [1.807, 2.05) is 0 Å². The minimum atomic E-state index is -1.79. The number of nitrogens with one attached hydrogen (secondary N) is 2. The number of hydrogen-bond donors (Lipinski definition) is 2. The van der Waals surface area contributed by atoms with Crippen LogP contribution in [0.5, 0.6) is 0 Å². The van der Waals surface area contributed by atoms with Crippen molar-refractivity contribution < 1.29 is 27.1 Å². The largest absolute Gasteiger partial charge is 0.383 e. The Morgan fingerprint density at radius 2 is 1.80 bits per heavy atom. The van der Waals surface area contributed by atoms with Gasteiger partial charge in [0, 0.05) is 13.7 Å². The van der Waals surface area contributed by atoms with Crippen molar-refractivity contribution in [3.63, 3.8) is 0 Å². The molecule has 1 unspecified atom stereocenters. The molecule has 1 atom stereocenters. The molecule has 0 saturated carbocycles. The van der Waals surface area contributed by atoms with Crippen LogP contribution in [0.4, 0.5) is 23.2 Å². The third-order valence-electron chi connectivity index (χ3n) is 2.36. The molecule has 0 aliphatic rings. The second-order valence-electron chi connectivity index (χ2n) is 3.85. The number of anilines is 1. The number of pyridine rings is 1. The number of carbonyl (C=O) groups is 1. The lowest BCUT2D eigenvalue weighted by atomic mass is 10.2. The van der Waals surface area contributed by atoms with Crippen molar-refractivity contribution in [1.82, 2.24) is 10.3 Å². The van der Waals surface area contributed by atoms with E-state index in [1.165, 1.54) is 14.0 Å². The standard InChI is InChI=1S/C11H13F4N3O2/c1-5(11(19)16-3-4-20-2)17-8-6(12)9(14)18-10(15)7(8)13/h5H,3-4H2,1-2H3,(H,16,19)(H,17,18). The Balaban J connectivity index is 2.80. The number of aromatic nitrogens is 1. The quantitative estimate of drug-likeness (QED) is 0.470. The fourth-order valence-electron chi connectivity index (χ4n) is 1.33. The Labute approximate surface area is 112 Å². The van der Waals surface area contributed by atoms with Gasteiger partial charge in [-0.25, -0.2) is 0 Å². The van der Waals surface area contributed by atoms with Crippen molar-refractivity contribution in [1.29, 1.82) is 0 Å². The van der Waals surface area contributed by atoms with Gasteiger partial charge in [0.2, 0.25) is 17.5 Å². The first-order chi connectivity index (χ1) is 9.38. The average molecular weight is 295 g/mol. The van der Waals surface area contributed by atoms with Crippen molar-refractivity contribution in [3.05, 3.63) is 23.5 Å².